The van der Waals surface area contributed by atoms with E-state index in [-0.39, 0.29) is 11.9 Å². The number of rotatable bonds is 8. The summed E-state index contributed by atoms with van der Waals surface area (Å²) in [4.78, 5) is 23.7. The monoisotopic (exact) mass is 539 g/mol. The Labute approximate surface area is 232 Å². The predicted molar refractivity (Wildman–Crippen MR) is 153 cm³/mol. The van der Waals surface area contributed by atoms with Crippen LogP contribution < -0.4 is 15.8 Å². The molecule has 0 unspecified atom stereocenters. The normalized spacial score (nSPS) is 19.4. The number of benzene rings is 2. The van der Waals surface area contributed by atoms with Crippen molar-refractivity contribution >= 4 is 22.8 Å². The van der Waals surface area contributed by atoms with E-state index in [1.807, 2.05) is 70.3 Å². The molecular formula is C30H33N7O3. The number of nitrogens with zero attached hydrogens (tertiary/aromatic N) is 5. The van der Waals surface area contributed by atoms with E-state index < -0.39 is 0 Å². The summed E-state index contributed by atoms with van der Waals surface area (Å²) in [7, 11) is 0. The molecule has 2 aliphatic rings. The average Bonchev–Trinajstić information content (AvgIpc) is 3.65. The number of carbonyl (C=O) groups excluding carboxylic acids is 1. The molecule has 2 aromatic heterocycles. The van der Waals surface area contributed by atoms with Gasteiger partial charge in [-0.15, -0.1) is 0 Å². The van der Waals surface area contributed by atoms with Gasteiger partial charge in [-0.1, -0.05) is 24.3 Å². The molecule has 2 atom stereocenters. The molecule has 10 heteroatoms. The number of anilines is 1. The molecule has 206 valence electrons. The second kappa shape index (κ2) is 11.8. The van der Waals surface area contributed by atoms with Crippen LogP contribution in [0.5, 0.6) is 11.5 Å². The molecule has 2 saturated heterocycles. The zero-order valence-electron chi connectivity index (χ0n) is 22.3. The first-order chi connectivity index (χ1) is 19.7. The molecule has 0 bridgehead atoms. The largest absolute Gasteiger partial charge is 0.457 e. The van der Waals surface area contributed by atoms with Crippen LogP contribution in [-0.4, -0.2) is 69.4 Å². The Kier molecular flexibility index (Phi) is 7.69. The zero-order valence-corrected chi connectivity index (χ0v) is 22.3. The predicted octanol–water partition coefficient (Wildman–Crippen LogP) is 3.97. The minimum atomic E-state index is -0.0221. The summed E-state index contributed by atoms with van der Waals surface area (Å²) in [6.45, 7) is 3.45. The number of nitrogens with two attached hydrogens (primary N) is 1. The first-order valence-corrected chi connectivity index (χ1v) is 13.7. The van der Waals surface area contributed by atoms with Crippen molar-refractivity contribution in [1.29, 1.82) is 0 Å². The van der Waals surface area contributed by atoms with Crippen molar-refractivity contribution in [2.45, 2.75) is 31.3 Å². The van der Waals surface area contributed by atoms with E-state index in [1.54, 1.807) is 6.08 Å². The number of hydrogen-bond donors (Lipinski definition) is 2. The summed E-state index contributed by atoms with van der Waals surface area (Å²) in [5.74, 6) is 1.88. The fourth-order valence-electron chi connectivity index (χ4n) is 5.31. The SMILES string of the molecule is Nc1ncnc2c1c(-c1ccc(Oc3ccccc3)cc1)nn2[C@@H]1CCCN(C(=O)C=CCN[C@H]2CCOC2)C1. The Morgan fingerprint density at radius 2 is 1.93 bits per heavy atom. The maximum atomic E-state index is 13.0. The third-order valence-corrected chi connectivity index (χ3v) is 7.39. The highest BCUT2D eigenvalue weighted by Gasteiger charge is 2.28. The van der Waals surface area contributed by atoms with Crippen molar-refractivity contribution < 1.29 is 14.3 Å². The van der Waals surface area contributed by atoms with Crippen LogP contribution >= 0.6 is 0 Å². The van der Waals surface area contributed by atoms with Crippen molar-refractivity contribution in [2.24, 2.45) is 0 Å². The first-order valence-electron chi connectivity index (χ1n) is 13.7. The van der Waals surface area contributed by atoms with E-state index >= 15 is 0 Å². The summed E-state index contributed by atoms with van der Waals surface area (Å²) >= 11 is 0. The Morgan fingerprint density at radius 3 is 2.73 bits per heavy atom. The summed E-state index contributed by atoms with van der Waals surface area (Å²) in [6, 6.07) is 17.7. The van der Waals surface area contributed by atoms with Crippen LogP contribution in [0.2, 0.25) is 0 Å². The number of para-hydroxylation sites is 1. The Balaban J connectivity index is 1.20. The maximum Gasteiger partial charge on any atom is 0.246 e. The Morgan fingerprint density at radius 1 is 1.10 bits per heavy atom. The van der Waals surface area contributed by atoms with Gasteiger partial charge in [-0.2, -0.15) is 5.10 Å². The molecule has 0 spiro atoms. The van der Waals surface area contributed by atoms with Gasteiger partial charge in [0.15, 0.2) is 5.65 Å². The number of aromatic nitrogens is 4. The van der Waals surface area contributed by atoms with Gasteiger partial charge in [0.25, 0.3) is 0 Å². The highest BCUT2D eigenvalue weighted by atomic mass is 16.5. The number of likely N-dealkylation sites (tertiary alicyclic amines) is 1. The van der Waals surface area contributed by atoms with Crippen LogP contribution in [0.1, 0.15) is 25.3 Å². The van der Waals surface area contributed by atoms with Gasteiger partial charge in [0, 0.05) is 43.9 Å². The van der Waals surface area contributed by atoms with Gasteiger partial charge in [-0.3, -0.25) is 4.79 Å². The number of ether oxygens (including phenoxy) is 2. The van der Waals surface area contributed by atoms with E-state index in [2.05, 4.69) is 15.3 Å². The highest BCUT2D eigenvalue weighted by Crippen LogP contribution is 2.34. The zero-order chi connectivity index (χ0) is 27.3. The van der Waals surface area contributed by atoms with E-state index in [4.69, 9.17) is 20.3 Å². The molecule has 10 nitrogen and oxygen atoms in total. The molecule has 0 saturated carbocycles. The maximum absolute atomic E-state index is 13.0. The quantitative estimate of drug-likeness (QED) is 0.323. The lowest BCUT2D eigenvalue weighted by Gasteiger charge is -2.32. The molecule has 6 rings (SSSR count). The molecule has 2 fully saturated rings. The lowest BCUT2D eigenvalue weighted by molar-refractivity contribution is -0.127. The fourth-order valence-corrected chi connectivity index (χ4v) is 5.31. The number of piperidine rings is 1. The first kappa shape index (κ1) is 26.0. The number of amides is 1. The van der Waals surface area contributed by atoms with Gasteiger partial charge in [0.1, 0.15) is 29.3 Å². The van der Waals surface area contributed by atoms with Crippen molar-refractivity contribution in [3.8, 4) is 22.8 Å². The topological polar surface area (TPSA) is 120 Å². The van der Waals surface area contributed by atoms with Crippen LogP contribution in [0, 0.1) is 0 Å². The van der Waals surface area contributed by atoms with Crippen LogP contribution in [-0.2, 0) is 9.53 Å². The van der Waals surface area contributed by atoms with Gasteiger partial charge in [0.2, 0.25) is 5.91 Å². The summed E-state index contributed by atoms with van der Waals surface area (Å²) in [5.41, 5.74) is 8.61. The summed E-state index contributed by atoms with van der Waals surface area (Å²) < 4.78 is 13.3. The van der Waals surface area contributed by atoms with E-state index in [0.29, 0.717) is 41.7 Å². The van der Waals surface area contributed by atoms with Gasteiger partial charge < -0.3 is 25.4 Å². The molecule has 40 heavy (non-hydrogen) atoms. The molecular weight excluding hydrogens is 506 g/mol. The lowest BCUT2D eigenvalue weighted by Crippen LogP contribution is -2.40. The van der Waals surface area contributed by atoms with Crippen LogP contribution in [0.3, 0.4) is 0 Å². The van der Waals surface area contributed by atoms with Crippen LogP contribution in [0.15, 0.2) is 73.1 Å². The molecule has 2 aliphatic heterocycles. The summed E-state index contributed by atoms with van der Waals surface area (Å²) in [6.07, 6.45) is 7.80. The van der Waals surface area contributed by atoms with Crippen LogP contribution in [0.25, 0.3) is 22.3 Å². The standard InChI is InChI=1S/C30H33N7O3/c31-29-27-28(21-10-12-25(13-11-21)40-24-7-2-1-3-8-24)35-37(30(27)34-20-33-29)23-6-5-16-36(18-23)26(38)9-4-15-32-22-14-17-39-19-22/h1-4,7-13,20,22-23,32H,5-6,14-19H2,(H2,31,33,34)/t22-,23+/m0/s1. The number of nitrogens with one attached hydrogen (secondary N) is 1. The number of hydrogen-bond acceptors (Lipinski definition) is 8. The highest BCUT2D eigenvalue weighted by molar-refractivity contribution is 5.98. The second-order valence-corrected chi connectivity index (χ2v) is 10.1. The molecule has 4 aromatic rings. The van der Waals surface area contributed by atoms with Gasteiger partial charge in [0.05, 0.1) is 18.0 Å². The number of carbonyl (C=O) groups is 1. The van der Waals surface area contributed by atoms with E-state index in [0.717, 1.165) is 56.1 Å². The Hall–Kier alpha value is -4.28. The Bertz CT molecular complexity index is 1480. The van der Waals surface area contributed by atoms with Gasteiger partial charge >= 0.3 is 0 Å². The van der Waals surface area contributed by atoms with E-state index in [1.165, 1.54) is 6.33 Å². The molecule has 0 radical (unpaired) electrons. The van der Waals surface area contributed by atoms with Gasteiger partial charge in [-0.25, -0.2) is 14.6 Å². The summed E-state index contributed by atoms with van der Waals surface area (Å²) in [5, 5.41) is 9.10. The third kappa shape index (κ3) is 5.68. The number of nitrogen functional groups attached to an aromatic ring is 1. The van der Waals surface area contributed by atoms with Crippen molar-refractivity contribution in [1.82, 2.24) is 30.0 Å². The minimum Gasteiger partial charge on any atom is -0.457 e. The smallest absolute Gasteiger partial charge is 0.246 e. The van der Waals surface area contributed by atoms with Crippen molar-refractivity contribution in [2.75, 3.05) is 38.6 Å². The molecule has 1 amide bonds. The van der Waals surface area contributed by atoms with Gasteiger partial charge in [-0.05, 0) is 55.7 Å². The molecule has 4 heterocycles. The lowest BCUT2D eigenvalue weighted by atomic mass is 10.1. The van der Waals surface area contributed by atoms with Crippen molar-refractivity contribution in [3.05, 3.63) is 73.1 Å². The average molecular weight is 540 g/mol. The van der Waals surface area contributed by atoms with E-state index in [9.17, 15) is 4.79 Å². The molecule has 3 N–H and O–H groups in total. The molecule has 2 aromatic carbocycles. The fraction of sp³-hybridized carbons (Fsp3) is 0.333. The second-order valence-electron chi connectivity index (χ2n) is 10.1. The number of fused-ring (bicyclic) bond motifs is 1. The van der Waals surface area contributed by atoms with Crippen LogP contribution in [0.4, 0.5) is 5.82 Å². The third-order valence-electron chi connectivity index (χ3n) is 7.39. The van der Waals surface area contributed by atoms with Crippen molar-refractivity contribution in [3.63, 3.8) is 0 Å². The minimum absolute atomic E-state index is 0.00833. The molecule has 0 aliphatic carbocycles.